The van der Waals surface area contributed by atoms with Crippen LogP contribution in [-0.4, -0.2) is 47.9 Å². The number of pyridine rings is 1. The van der Waals surface area contributed by atoms with Crippen molar-refractivity contribution >= 4 is 34.9 Å². The van der Waals surface area contributed by atoms with Crippen molar-refractivity contribution < 1.29 is 9.59 Å². The molecule has 1 aromatic heterocycles. The molecule has 1 saturated heterocycles. The highest BCUT2D eigenvalue weighted by Crippen LogP contribution is 2.19. The number of aromatic nitrogens is 1. The van der Waals surface area contributed by atoms with Gasteiger partial charge in [0.25, 0.3) is 5.91 Å². The van der Waals surface area contributed by atoms with Gasteiger partial charge in [-0.05, 0) is 24.3 Å². The molecule has 1 aromatic carbocycles. The summed E-state index contributed by atoms with van der Waals surface area (Å²) < 4.78 is 0. The van der Waals surface area contributed by atoms with Gasteiger partial charge < -0.3 is 15.1 Å². The number of benzene rings is 1. The molecule has 0 bridgehead atoms. The van der Waals surface area contributed by atoms with Crippen LogP contribution in [0.1, 0.15) is 17.3 Å². The Morgan fingerprint density at radius 2 is 1.80 bits per heavy atom. The second kappa shape index (κ2) is 7.53. The van der Waals surface area contributed by atoms with Gasteiger partial charge in [-0.25, -0.2) is 4.98 Å². The van der Waals surface area contributed by atoms with Crippen molar-refractivity contribution in [2.75, 3.05) is 36.4 Å². The zero-order chi connectivity index (χ0) is 17.8. The van der Waals surface area contributed by atoms with E-state index in [1.54, 1.807) is 37.4 Å². The fraction of sp³-hybridized carbons (Fsp3) is 0.278. The van der Waals surface area contributed by atoms with E-state index >= 15 is 0 Å². The number of hydrogen-bond acceptors (Lipinski definition) is 4. The van der Waals surface area contributed by atoms with Crippen LogP contribution >= 0.6 is 11.6 Å². The lowest BCUT2D eigenvalue weighted by Gasteiger charge is -2.34. The van der Waals surface area contributed by atoms with Gasteiger partial charge in [-0.2, -0.15) is 0 Å². The number of halogens is 1. The van der Waals surface area contributed by atoms with Crippen LogP contribution in [0.4, 0.5) is 11.5 Å². The van der Waals surface area contributed by atoms with Crippen LogP contribution in [0.5, 0.6) is 0 Å². The molecule has 2 aromatic rings. The summed E-state index contributed by atoms with van der Waals surface area (Å²) in [7, 11) is 0. The number of nitrogens with zero attached hydrogens (tertiary/aromatic N) is 3. The number of piperazine rings is 1. The van der Waals surface area contributed by atoms with Crippen molar-refractivity contribution in [2.24, 2.45) is 0 Å². The highest BCUT2D eigenvalue weighted by atomic mass is 35.5. The maximum atomic E-state index is 12.3. The fourth-order valence-corrected chi connectivity index (χ4v) is 2.96. The second-order valence-electron chi connectivity index (χ2n) is 5.83. The monoisotopic (exact) mass is 358 g/mol. The molecule has 7 heteroatoms. The number of hydrogen-bond donors (Lipinski definition) is 1. The van der Waals surface area contributed by atoms with E-state index in [9.17, 15) is 9.59 Å². The van der Waals surface area contributed by atoms with Gasteiger partial charge in [0.05, 0.1) is 22.5 Å². The predicted octanol–water partition coefficient (Wildman–Crippen LogP) is 2.66. The second-order valence-corrected chi connectivity index (χ2v) is 6.24. The minimum absolute atomic E-state index is 0.102. The third kappa shape index (κ3) is 4.09. The van der Waals surface area contributed by atoms with Crippen molar-refractivity contribution in [1.29, 1.82) is 0 Å². The van der Waals surface area contributed by atoms with E-state index < -0.39 is 0 Å². The summed E-state index contributed by atoms with van der Waals surface area (Å²) in [4.78, 5) is 32.0. The number of amides is 2. The van der Waals surface area contributed by atoms with Crippen LogP contribution in [0.2, 0.25) is 5.02 Å². The molecule has 1 aliphatic heterocycles. The minimum Gasteiger partial charge on any atom is -0.353 e. The van der Waals surface area contributed by atoms with E-state index in [0.29, 0.717) is 29.4 Å². The highest BCUT2D eigenvalue weighted by Gasteiger charge is 2.19. The van der Waals surface area contributed by atoms with E-state index in [2.05, 4.69) is 15.2 Å². The summed E-state index contributed by atoms with van der Waals surface area (Å²) in [6, 6.07) is 10.6. The Morgan fingerprint density at radius 3 is 2.40 bits per heavy atom. The molecule has 2 amide bonds. The van der Waals surface area contributed by atoms with Crippen molar-refractivity contribution in [3.8, 4) is 0 Å². The summed E-state index contributed by atoms with van der Waals surface area (Å²) in [6.07, 6.45) is 1.63. The Labute approximate surface area is 151 Å². The third-order valence-corrected chi connectivity index (χ3v) is 4.50. The number of rotatable bonds is 3. The van der Waals surface area contributed by atoms with E-state index in [-0.39, 0.29) is 11.8 Å². The maximum Gasteiger partial charge on any atom is 0.257 e. The number of nitrogens with one attached hydrogen (secondary N) is 1. The van der Waals surface area contributed by atoms with Crippen LogP contribution in [0.25, 0.3) is 0 Å². The summed E-state index contributed by atoms with van der Waals surface area (Å²) in [6.45, 7) is 4.48. The Kier molecular flexibility index (Phi) is 5.19. The van der Waals surface area contributed by atoms with Gasteiger partial charge in [-0.1, -0.05) is 23.7 Å². The topological polar surface area (TPSA) is 65.5 Å². The summed E-state index contributed by atoms with van der Waals surface area (Å²) in [5.41, 5.74) is 1.03. The molecule has 0 spiro atoms. The quantitative estimate of drug-likeness (QED) is 0.916. The molecular formula is C18H19ClN4O2. The average Bonchev–Trinajstić information content (AvgIpc) is 2.63. The predicted molar refractivity (Wildman–Crippen MR) is 98.1 cm³/mol. The van der Waals surface area contributed by atoms with Crippen molar-refractivity contribution in [1.82, 2.24) is 9.88 Å². The zero-order valence-corrected chi connectivity index (χ0v) is 14.7. The molecule has 3 rings (SSSR count). The van der Waals surface area contributed by atoms with Crippen LogP contribution < -0.4 is 10.2 Å². The van der Waals surface area contributed by atoms with Crippen molar-refractivity contribution in [3.63, 3.8) is 0 Å². The van der Waals surface area contributed by atoms with E-state index in [1.807, 2.05) is 17.0 Å². The van der Waals surface area contributed by atoms with Gasteiger partial charge in [-0.15, -0.1) is 0 Å². The lowest BCUT2D eigenvalue weighted by atomic mass is 10.2. The molecule has 0 aliphatic carbocycles. The Morgan fingerprint density at radius 1 is 1.08 bits per heavy atom. The lowest BCUT2D eigenvalue weighted by molar-refractivity contribution is -0.129. The van der Waals surface area contributed by atoms with Crippen molar-refractivity contribution in [2.45, 2.75) is 6.92 Å². The van der Waals surface area contributed by atoms with E-state index in [1.165, 1.54) is 0 Å². The number of anilines is 2. The average molecular weight is 359 g/mol. The Balaban J connectivity index is 1.62. The summed E-state index contributed by atoms with van der Waals surface area (Å²) in [5, 5.41) is 3.20. The molecule has 6 nitrogen and oxygen atoms in total. The molecule has 0 unspecified atom stereocenters. The largest absolute Gasteiger partial charge is 0.353 e. The first-order chi connectivity index (χ1) is 12.0. The van der Waals surface area contributed by atoms with Gasteiger partial charge in [0, 0.05) is 33.1 Å². The molecule has 1 fully saturated rings. The Bertz CT molecular complexity index is 771. The molecule has 1 N–H and O–H groups in total. The number of carbonyl (C=O) groups excluding carboxylic acids is 2. The zero-order valence-electron chi connectivity index (χ0n) is 13.9. The van der Waals surface area contributed by atoms with Crippen LogP contribution in [0, 0.1) is 0 Å². The lowest BCUT2D eigenvalue weighted by Crippen LogP contribution is -2.48. The molecule has 0 atom stereocenters. The van der Waals surface area contributed by atoms with E-state index in [4.69, 9.17) is 11.6 Å². The molecule has 1 aliphatic rings. The summed E-state index contributed by atoms with van der Waals surface area (Å²) in [5.74, 6) is 0.666. The van der Waals surface area contributed by atoms with Crippen LogP contribution in [-0.2, 0) is 4.79 Å². The Hall–Kier alpha value is -2.60. The molecule has 25 heavy (non-hydrogen) atoms. The fourth-order valence-electron chi connectivity index (χ4n) is 2.74. The SMILES string of the molecule is CC(=O)N1CCN(c2ccc(NC(=O)c3ccccc3Cl)cn2)CC1. The van der Waals surface area contributed by atoms with Gasteiger partial charge >= 0.3 is 0 Å². The normalized spacial score (nSPS) is 14.3. The smallest absolute Gasteiger partial charge is 0.257 e. The first kappa shape index (κ1) is 17.2. The van der Waals surface area contributed by atoms with E-state index in [0.717, 1.165) is 18.9 Å². The van der Waals surface area contributed by atoms with Crippen LogP contribution in [0.15, 0.2) is 42.6 Å². The standard InChI is InChI=1S/C18H19ClN4O2/c1-13(24)22-8-10-23(11-9-22)17-7-6-14(12-20-17)21-18(25)15-4-2-3-5-16(15)19/h2-7,12H,8-11H2,1H3,(H,21,25). The van der Waals surface area contributed by atoms with Gasteiger partial charge in [0.1, 0.15) is 5.82 Å². The summed E-state index contributed by atoms with van der Waals surface area (Å²) >= 11 is 6.04. The van der Waals surface area contributed by atoms with Crippen molar-refractivity contribution in [3.05, 3.63) is 53.2 Å². The third-order valence-electron chi connectivity index (χ3n) is 4.17. The first-order valence-corrected chi connectivity index (χ1v) is 8.45. The number of carbonyl (C=O) groups is 2. The molecule has 0 radical (unpaired) electrons. The molecule has 0 saturated carbocycles. The highest BCUT2D eigenvalue weighted by molar-refractivity contribution is 6.34. The van der Waals surface area contributed by atoms with Gasteiger partial charge in [-0.3, -0.25) is 9.59 Å². The maximum absolute atomic E-state index is 12.3. The minimum atomic E-state index is -0.268. The van der Waals surface area contributed by atoms with Gasteiger partial charge in [0.2, 0.25) is 5.91 Å². The first-order valence-electron chi connectivity index (χ1n) is 8.07. The molecule has 130 valence electrons. The van der Waals surface area contributed by atoms with Gasteiger partial charge in [0.15, 0.2) is 0 Å². The molecular weight excluding hydrogens is 340 g/mol. The molecule has 2 heterocycles. The van der Waals surface area contributed by atoms with Crippen LogP contribution in [0.3, 0.4) is 0 Å².